The zero-order valence-electron chi connectivity index (χ0n) is 12.3. The molecule has 2 aromatic heterocycles. The second-order valence-corrected chi connectivity index (χ2v) is 6.08. The van der Waals surface area contributed by atoms with Crippen LogP contribution in [0.2, 0.25) is 0 Å². The number of thiazole rings is 1. The number of aromatic nitrogens is 3. The minimum absolute atomic E-state index is 0.294. The monoisotopic (exact) mass is 278 g/mol. The quantitative estimate of drug-likeness (QED) is 0.914. The van der Waals surface area contributed by atoms with Crippen LogP contribution in [0.4, 0.5) is 0 Å². The highest BCUT2D eigenvalue weighted by Gasteiger charge is 2.16. The Bertz CT molecular complexity index is 556. The van der Waals surface area contributed by atoms with Crippen LogP contribution in [-0.2, 0) is 20.0 Å². The first-order valence-corrected chi connectivity index (χ1v) is 7.51. The highest BCUT2D eigenvalue weighted by atomic mass is 32.1. The van der Waals surface area contributed by atoms with Gasteiger partial charge in [0, 0.05) is 42.0 Å². The molecule has 1 atom stereocenters. The molecule has 0 fully saturated rings. The Kier molecular flexibility index (Phi) is 4.37. The summed E-state index contributed by atoms with van der Waals surface area (Å²) in [6.45, 7) is 9.35. The van der Waals surface area contributed by atoms with Crippen molar-refractivity contribution < 1.29 is 0 Å². The van der Waals surface area contributed by atoms with E-state index in [2.05, 4.69) is 43.1 Å². The molecule has 0 spiro atoms. The van der Waals surface area contributed by atoms with Crippen LogP contribution in [0.1, 0.15) is 46.7 Å². The number of nitrogens with one attached hydrogen (secondary N) is 1. The molecule has 4 nitrogen and oxygen atoms in total. The third-order valence-electron chi connectivity index (χ3n) is 3.51. The van der Waals surface area contributed by atoms with E-state index >= 15 is 0 Å². The summed E-state index contributed by atoms with van der Waals surface area (Å²) in [7, 11) is 1.99. The zero-order chi connectivity index (χ0) is 14.0. The fourth-order valence-corrected chi connectivity index (χ4v) is 3.17. The molecule has 1 N–H and O–H groups in total. The summed E-state index contributed by atoms with van der Waals surface area (Å²) in [5, 5.41) is 9.17. The fraction of sp³-hybridized carbons (Fsp3) is 0.571. The van der Waals surface area contributed by atoms with E-state index in [1.54, 1.807) is 11.3 Å². The van der Waals surface area contributed by atoms with Crippen LogP contribution >= 0.6 is 11.3 Å². The smallest absolute Gasteiger partial charge is 0.107 e. The van der Waals surface area contributed by atoms with Crippen molar-refractivity contribution in [2.75, 3.05) is 0 Å². The highest BCUT2D eigenvalue weighted by molar-refractivity contribution is 7.11. The van der Waals surface area contributed by atoms with Gasteiger partial charge >= 0.3 is 0 Å². The Labute approximate surface area is 118 Å². The SMILES string of the molecule is CCc1cnc(CNC(C)c2c(C)nn(C)c2C)s1. The summed E-state index contributed by atoms with van der Waals surface area (Å²) in [4.78, 5) is 5.78. The third kappa shape index (κ3) is 3.04. The Morgan fingerprint density at radius 1 is 1.42 bits per heavy atom. The van der Waals surface area contributed by atoms with Gasteiger partial charge in [-0.15, -0.1) is 11.3 Å². The standard InChI is InChI=1S/C14H22N4S/c1-6-12-7-16-13(19-12)8-15-9(2)14-10(3)17-18(5)11(14)4/h7,9,15H,6,8H2,1-5H3. The van der Waals surface area contributed by atoms with Crippen molar-refractivity contribution in [3.05, 3.63) is 33.0 Å². The molecule has 2 heterocycles. The number of hydrogen-bond donors (Lipinski definition) is 1. The molecule has 5 heteroatoms. The molecule has 0 radical (unpaired) electrons. The molecule has 0 bridgehead atoms. The lowest BCUT2D eigenvalue weighted by molar-refractivity contribution is 0.567. The molecule has 0 aliphatic rings. The summed E-state index contributed by atoms with van der Waals surface area (Å²) in [6, 6.07) is 0.294. The molecule has 0 aromatic carbocycles. The topological polar surface area (TPSA) is 42.7 Å². The van der Waals surface area contributed by atoms with Crippen LogP contribution in [0.5, 0.6) is 0 Å². The number of aryl methyl sites for hydroxylation is 3. The van der Waals surface area contributed by atoms with E-state index in [4.69, 9.17) is 0 Å². The van der Waals surface area contributed by atoms with Gasteiger partial charge in [0.2, 0.25) is 0 Å². The normalized spacial score (nSPS) is 12.9. The molecule has 19 heavy (non-hydrogen) atoms. The van der Waals surface area contributed by atoms with Gasteiger partial charge in [0.25, 0.3) is 0 Å². The fourth-order valence-electron chi connectivity index (χ4n) is 2.35. The Morgan fingerprint density at radius 2 is 2.16 bits per heavy atom. The van der Waals surface area contributed by atoms with Crippen molar-refractivity contribution in [2.24, 2.45) is 7.05 Å². The van der Waals surface area contributed by atoms with Gasteiger partial charge in [0.15, 0.2) is 0 Å². The van der Waals surface area contributed by atoms with Crippen molar-refractivity contribution in [3.8, 4) is 0 Å². The van der Waals surface area contributed by atoms with E-state index in [-0.39, 0.29) is 0 Å². The van der Waals surface area contributed by atoms with Gasteiger partial charge in [-0.25, -0.2) is 4.98 Å². The van der Waals surface area contributed by atoms with Crippen LogP contribution in [0.15, 0.2) is 6.20 Å². The molecular weight excluding hydrogens is 256 g/mol. The van der Waals surface area contributed by atoms with Crippen LogP contribution in [-0.4, -0.2) is 14.8 Å². The van der Waals surface area contributed by atoms with Crippen molar-refractivity contribution in [1.29, 1.82) is 0 Å². The van der Waals surface area contributed by atoms with E-state index in [1.165, 1.54) is 16.1 Å². The lowest BCUT2D eigenvalue weighted by Gasteiger charge is -2.13. The summed E-state index contributed by atoms with van der Waals surface area (Å²) >= 11 is 1.79. The predicted molar refractivity (Wildman–Crippen MR) is 79.4 cm³/mol. The molecule has 0 saturated heterocycles. The van der Waals surface area contributed by atoms with Crippen LogP contribution in [0.3, 0.4) is 0 Å². The third-order valence-corrected chi connectivity index (χ3v) is 4.65. The molecule has 104 valence electrons. The molecule has 0 aliphatic carbocycles. The van der Waals surface area contributed by atoms with E-state index in [0.29, 0.717) is 6.04 Å². The van der Waals surface area contributed by atoms with E-state index in [0.717, 1.165) is 23.7 Å². The van der Waals surface area contributed by atoms with Crippen molar-refractivity contribution in [1.82, 2.24) is 20.1 Å². The number of nitrogens with zero attached hydrogens (tertiary/aromatic N) is 3. The van der Waals surface area contributed by atoms with Gasteiger partial charge in [0.1, 0.15) is 5.01 Å². The van der Waals surface area contributed by atoms with Crippen LogP contribution in [0, 0.1) is 13.8 Å². The maximum atomic E-state index is 4.47. The minimum Gasteiger partial charge on any atom is -0.304 e. The first kappa shape index (κ1) is 14.2. The predicted octanol–water partition coefficient (Wildman–Crippen LogP) is 2.91. The molecule has 1 unspecified atom stereocenters. The maximum Gasteiger partial charge on any atom is 0.107 e. The molecule has 0 saturated carbocycles. The molecular formula is C14H22N4S. The first-order chi connectivity index (χ1) is 9.02. The first-order valence-electron chi connectivity index (χ1n) is 6.70. The van der Waals surface area contributed by atoms with Gasteiger partial charge in [-0.05, 0) is 27.2 Å². The van der Waals surface area contributed by atoms with Crippen LogP contribution < -0.4 is 5.32 Å². The summed E-state index contributed by atoms with van der Waals surface area (Å²) < 4.78 is 1.95. The van der Waals surface area contributed by atoms with Crippen molar-refractivity contribution >= 4 is 11.3 Å². The van der Waals surface area contributed by atoms with Gasteiger partial charge in [0.05, 0.1) is 5.69 Å². The van der Waals surface area contributed by atoms with E-state index in [1.807, 2.05) is 17.9 Å². The van der Waals surface area contributed by atoms with E-state index < -0.39 is 0 Å². The lowest BCUT2D eigenvalue weighted by atomic mass is 10.1. The van der Waals surface area contributed by atoms with Gasteiger partial charge in [-0.2, -0.15) is 5.10 Å². The van der Waals surface area contributed by atoms with Gasteiger partial charge in [-0.1, -0.05) is 6.92 Å². The van der Waals surface area contributed by atoms with Crippen LogP contribution in [0.25, 0.3) is 0 Å². The Morgan fingerprint density at radius 3 is 2.68 bits per heavy atom. The molecule has 2 aromatic rings. The summed E-state index contributed by atoms with van der Waals surface area (Å²) in [6.07, 6.45) is 3.04. The number of rotatable bonds is 5. The lowest BCUT2D eigenvalue weighted by Crippen LogP contribution is -2.19. The molecule has 2 rings (SSSR count). The van der Waals surface area contributed by atoms with Gasteiger partial charge < -0.3 is 5.32 Å². The molecule has 0 aliphatic heterocycles. The zero-order valence-corrected chi connectivity index (χ0v) is 13.1. The maximum absolute atomic E-state index is 4.47. The summed E-state index contributed by atoms with van der Waals surface area (Å²) in [5.41, 5.74) is 3.63. The van der Waals surface area contributed by atoms with Gasteiger partial charge in [-0.3, -0.25) is 4.68 Å². The Balaban J connectivity index is 2.03. The summed E-state index contributed by atoms with van der Waals surface area (Å²) in [5.74, 6) is 0. The molecule has 0 amide bonds. The average molecular weight is 278 g/mol. The van der Waals surface area contributed by atoms with Crippen molar-refractivity contribution in [3.63, 3.8) is 0 Å². The van der Waals surface area contributed by atoms with E-state index in [9.17, 15) is 0 Å². The highest BCUT2D eigenvalue weighted by Crippen LogP contribution is 2.21. The second kappa shape index (κ2) is 5.84. The largest absolute Gasteiger partial charge is 0.304 e. The number of hydrogen-bond acceptors (Lipinski definition) is 4. The second-order valence-electron chi connectivity index (χ2n) is 4.88. The van der Waals surface area contributed by atoms with Crippen molar-refractivity contribution in [2.45, 2.75) is 46.7 Å². The average Bonchev–Trinajstić information content (AvgIpc) is 2.93. The minimum atomic E-state index is 0.294. The Hall–Kier alpha value is -1.20.